The molecule has 0 saturated carbocycles. The number of hydrogen-bond donors (Lipinski definition) is 0. The molecule has 0 fully saturated rings. The Kier molecular flexibility index (Phi) is 11.4. The number of nitro benzene ring substituents is 1. The molecule has 0 saturated heterocycles. The molecular weight excluding hydrogens is 522 g/mol. The number of nitro groups is 1. The number of allylic oxidation sites excluding steroid dienone is 6. The second kappa shape index (κ2) is 14.3. The van der Waals surface area contributed by atoms with Crippen LogP contribution in [0.4, 0.5) is 5.69 Å². The Hall–Kier alpha value is -1.94. The van der Waals surface area contributed by atoms with E-state index in [9.17, 15) is 10.1 Å². The number of nitrogens with zero attached hydrogens (tertiary/aromatic N) is 1. The minimum absolute atomic E-state index is 0.185. The zero-order valence-corrected chi connectivity index (χ0v) is 24.7. The van der Waals surface area contributed by atoms with Crippen LogP contribution in [-0.2, 0) is 5.41 Å². The van der Waals surface area contributed by atoms with Crippen LogP contribution in [0.3, 0.4) is 0 Å². The van der Waals surface area contributed by atoms with Gasteiger partial charge in [-0.15, -0.1) is 6.58 Å². The lowest BCUT2D eigenvalue weighted by molar-refractivity contribution is -0.385. The third-order valence-corrected chi connectivity index (χ3v) is 9.09. The van der Waals surface area contributed by atoms with Crippen LogP contribution in [0.15, 0.2) is 65.2 Å². The summed E-state index contributed by atoms with van der Waals surface area (Å²) in [5.41, 5.74) is 4.90. The predicted octanol–water partition coefficient (Wildman–Crippen LogP) is 11.0. The summed E-state index contributed by atoms with van der Waals surface area (Å²) in [5.74, 6) is 0.471. The number of halogens is 1. The lowest BCUT2D eigenvalue weighted by Crippen LogP contribution is -2.35. The van der Waals surface area contributed by atoms with Crippen LogP contribution in [0, 0.1) is 16.0 Å². The molecule has 2 aliphatic carbocycles. The Balaban J connectivity index is 2.03. The Bertz CT molecular complexity index is 1020. The summed E-state index contributed by atoms with van der Waals surface area (Å²) in [6.07, 6.45) is 22.9. The van der Waals surface area contributed by atoms with Crippen molar-refractivity contribution in [2.24, 2.45) is 5.92 Å². The van der Waals surface area contributed by atoms with Crippen LogP contribution >= 0.6 is 15.9 Å². The van der Waals surface area contributed by atoms with Crippen LogP contribution in [-0.4, -0.2) is 4.92 Å². The van der Waals surface area contributed by atoms with Gasteiger partial charge in [0, 0.05) is 27.9 Å². The minimum atomic E-state index is -0.327. The molecule has 0 radical (unpaired) electrons. The van der Waals surface area contributed by atoms with E-state index in [1.807, 2.05) is 12.1 Å². The molecule has 202 valence electrons. The molecule has 0 bridgehead atoms. The van der Waals surface area contributed by atoms with Gasteiger partial charge in [0.05, 0.1) is 4.92 Å². The molecule has 0 spiro atoms. The van der Waals surface area contributed by atoms with Gasteiger partial charge in [-0.1, -0.05) is 118 Å². The lowest BCUT2D eigenvalue weighted by atomic mass is 9.62. The number of benzene rings is 1. The van der Waals surface area contributed by atoms with Crippen molar-refractivity contribution in [3.8, 4) is 0 Å². The molecule has 37 heavy (non-hydrogen) atoms. The van der Waals surface area contributed by atoms with Crippen molar-refractivity contribution in [1.29, 1.82) is 0 Å². The van der Waals surface area contributed by atoms with E-state index in [1.54, 1.807) is 6.07 Å². The molecule has 0 N–H and O–H groups in total. The molecule has 0 heterocycles. The van der Waals surface area contributed by atoms with Gasteiger partial charge < -0.3 is 0 Å². The normalized spacial score (nSPS) is 21.0. The van der Waals surface area contributed by atoms with Crippen molar-refractivity contribution in [3.05, 3.63) is 86.5 Å². The van der Waals surface area contributed by atoms with E-state index in [4.69, 9.17) is 0 Å². The smallest absolute Gasteiger partial charge is 0.258 e. The van der Waals surface area contributed by atoms with Gasteiger partial charge in [-0.2, -0.15) is 0 Å². The van der Waals surface area contributed by atoms with E-state index in [-0.39, 0.29) is 27.9 Å². The van der Waals surface area contributed by atoms with Gasteiger partial charge >= 0.3 is 0 Å². The van der Waals surface area contributed by atoms with Gasteiger partial charge in [-0.05, 0) is 60.8 Å². The highest BCUT2D eigenvalue weighted by Crippen LogP contribution is 2.61. The number of unbranched alkanes of at least 4 members (excludes halogenated alkanes) is 8. The van der Waals surface area contributed by atoms with Gasteiger partial charge in [0.1, 0.15) is 0 Å². The quantitative estimate of drug-likeness (QED) is 0.0812. The van der Waals surface area contributed by atoms with E-state index < -0.39 is 0 Å². The molecule has 3 atom stereocenters. The molecule has 1 aromatic carbocycles. The van der Waals surface area contributed by atoms with E-state index in [0.29, 0.717) is 0 Å². The van der Waals surface area contributed by atoms with Crippen molar-refractivity contribution in [2.75, 3.05) is 0 Å². The molecule has 0 aromatic heterocycles. The van der Waals surface area contributed by atoms with Gasteiger partial charge in [0.2, 0.25) is 0 Å². The lowest BCUT2D eigenvalue weighted by Gasteiger charge is -2.41. The molecule has 0 aliphatic heterocycles. The first-order valence-corrected chi connectivity index (χ1v) is 15.3. The van der Waals surface area contributed by atoms with E-state index in [0.717, 1.165) is 42.1 Å². The average Bonchev–Trinajstić information content (AvgIpc) is 3.14. The molecule has 4 heteroatoms. The Morgan fingerprint density at radius 1 is 1.14 bits per heavy atom. The molecule has 2 aliphatic rings. The Labute approximate surface area is 233 Å². The summed E-state index contributed by atoms with van der Waals surface area (Å²) in [5, 5.41) is 11.9. The summed E-state index contributed by atoms with van der Waals surface area (Å²) in [6, 6.07) is 5.59. The fourth-order valence-electron chi connectivity index (χ4n) is 6.64. The third kappa shape index (κ3) is 6.93. The maximum Gasteiger partial charge on any atom is 0.269 e. The second-order valence-electron chi connectivity index (χ2n) is 11.1. The van der Waals surface area contributed by atoms with Crippen LogP contribution in [0.2, 0.25) is 0 Å². The molecular formula is C33H46BrNO2. The molecule has 3 nitrogen and oxygen atoms in total. The number of rotatable bonds is 17. The van der Waals surface area contributed by atoms with Gasteiger partial charge in [0.15, 0.2) is 0 Å². The third-order valence-electron chi connectivity index (χ3n) is 8.54. The first-order valence-electron chi connectivity index (χ1n) is 14.5. The van der Waals surface area contributed by atoms with Crippen molar-refractivity contribution in [3.63, 3.8) is 0 Å². The summed E-state index contributed by atoms with van der Waals surface area (Å²) in [7, 11) is 0. The fourth-order valence-corrected chi connectivity index (χ4v) is 7.07. The minimum Gasteiger partial charge on any atom is -0.258 e. The van der Waals surface area contributed by atoms with Gasteiger partial charge in [-0.3, -0.25) is 10.1 Å². The molecule has 1 aromatic rings. The Morgan fingerprint density at radius 3 is 2.46 bits per heavy atom. The van der Waals surface area contributed by atoms with Crippen LogP contribution in [0.5, 0.6) is 0 Å². The van der Waals surface area contributed by atoms with Gasteiger partial charge in [-0.25, -0.2) is 0 Å². The summed E-state index contributed by atoms with van der Waals surface area (Å²) >= 11 is 3.77. The second-order valence-corrected chi connectivity index (χ2v) is 12.0. The van der Waals surface area contributed by atoms with Crippen molar-refractivity contribution in [2.45, 2.75) is 115 Å². The van der Waals surface area contributed by atoms with Crippen LogP contribution < -0.4 is 0 Å². The standard InChI is InChI=1S/C33H46BrNO2/c1-5-8-10-12-14-16-25(4)24-33(26(7-3)17-15-13-11-9-6-2)31-22-27(34)18-20-29(31)30-21-19-28(35(36)37)23-32(30)33/h7,18-19,21-23,26,29H,3-6,8-17,20,24H2,1-2H3. The molecule has 3 unspecified atom stereocenters. The van der Waals surface area contributed by atoms with Crippen molar-refractivity contribution in [1.82, 2.24) is 0 Å². The average molecular weight is 569 g/mol. The van der Waals surface area contributed by atoms with Gasteiger partial charge in [0.25, 0.3) is 5.69 Å². The highest BCUT2D eigenvalue weighted by atomic mass is 79.9. The Morgan fingerprint density at radius 2 is 1.81 bits per heavy atom. The van der Waals surface area contributed by atoms with E-state index in [2.05, 4.69) is 61.2 Å². The van der Waals surface area contributed by atoms with E-state index in [1.165, 1.54) is 74.5 Å². The number of hydrogen-bond acceptors (Lipinski definition) is 2. The van der Waals surface area contributed by atoms with E-state index >= 15 is 0 Å². The summed E-state index contributed by atoms with van der Waals surface area (Å²) in [6.45, 7) is 13.4. The van der Waals surface area contributed by atoms with Crippen molar-refractivity contribution < 1.29 is 4.92 Å². The first kappa shape index (κ1) is 29.6. The van der Waals surface area contributed by atoms with Crippen molar-refractivity contribution >= 4 is 21.6 Å². The molecule has 0 amide bonds. The summed E-state index contributed by atoms with van der Waals surface area (Å²) in [4.78, 5) is 11.6. The zero-order chi connectivity index (χ0) is 26.8. The van der Waals surface area contributed by atoms with Crippen LogP contribution in [0.25, 0.3) is 0 Å². The molecule has 3 rings (SSSR count). The first-order chi connectivity index (χ1) is 17.9. The largest absolute Gasteiger partial charge is 0.269 e. The number of fused-ring (bicyclic) bond motifs is 3. The monoisotopic (exact) mass is 567 g/mol. The fraction of sp³-hybridized carbons (Fsp3) is 0.576. The maximum absolute atomic E-state index is 11.9. The predicted molar refractivity (Wildman–Crippen MR) is 161 cm³/mol. The topological polar surface area (TPSA) is 43.1 Å². The number of non-ortho nitro benzene ring substituents is 1. The summed E-state index contributed by atoms with van der Waals surface area (Å²) < 4.78 is 1.11. The highest BCUT2D eigenvalue weighted by molar-refractivity contribution is 9.11. The highest BCUT2D eigenvalue weighted by Gasteiger charge is 2.52. The maximum atomic E-state index is 11.9. The zero-order valence-electron chi connectivity index (χ0n) is 23.1. The van der Waals surface area contributed by atoms with Crippen LogP contribution in [0.1, 0.15) is 121 Å². The SMILES string of the molecule is C=CC(CCCCCCC)C1(CC(=C)CCCCCCC)C2=CC(Br)=CCC2c2ccc([N+](=O)[O-])cc21.